The summed E-state index contributed by atoms with van der Waals surface area (Å²) in [7, 11) is 0. The van der Waals surface area contributed by atoms with E-state index in [0.29, 0.717) is 0 Å². The van der Waals surface area contributed by atoms with Crippen LogP contribution in [0.15, 0.2) is 0 Å². The fourth-order valence-corrected chi connectivity index (χ4v) is 1.54. The van der Waals surface area contributed by atoms with E-state index in [1.54, 1.807) is 0 Å². The van der Waals surface area contributed by atoms with Crippen LogP contribution in [-0.4, -0.2) is 12.7 Å². The molecule has 1 rings (SSSR count). The summed E-state index contributed by atoms with van der Waals surface area (Å²) in [6.07, 6.45) is 5.35. The Balaban J connectivity index is 2.26. The first-order valence-electron chi connectivity index (χ1n) is 4.32. The molecule has 0 bridgehead atoms. The first-order valence-corrected chi connectivity index (χ1v) is 4.32. The Morgan fingerprint density at radius 2 is 2.20 bits per heavy atom. The molecule has 0 aromatic rings. The van der Waals surface area contributed by atoms with E-state index in [-0.39, 0.29) is 6.17 Å². The quantitative estimate of drug-likeness (QED) is 0.574. The highest BCUT2D eigenvalue weighted by Crippen LogP contribution is 2.17. The summed E-state index contributed by atoms with van der Waals surface area (Å²) < 4.78 is 0. The Morgan fingerprint density at radius 1 is 1.40 bits per heavy atom. The molecule has 2 nitrogen and oxygen atoms in total. The third-order valence-electron chi connectivity index (χ3n) is 2.42. The van der Waals surface area contributed by atoms with Crippen molar-refractivity contribution < 1.29 is 0 Å². The minimum atomic E-state index is 0.261. The minimum Gasteiger partial charge on any atom is -0.316 e. The van der Waals surface area contributed by atoms with Gasteiger partial charge in [-0.15, -0.1) is 0 Å². The highest BCUT2D eigenvalue weighted by atomic mass is 15.0. The van der Waals surface area contributed by atoms with Crippen molar-refractivity contribution in [2.45, 2.75) is 38.8 Å². The van der Waals surface area contributed by atoms with Gasteiger partial charge in [0.1, 0.15) is 0 Å². The van der Waals surface area contributed by atoms with Crippen LogP contribution in [0.4, 0.5) is 0 Å². The second kappa shape index (κ2) is 3.94. The van der Waals surface area contributed by atoms with Gasteiger partial charge in [0, 0.05) is 0 Å². The molecule has 2 unspecified atom stereocenters. The smallest absolute Gasteiger partial charge is 0.0546 e. The fourth-order valence-electron chi connectivity index (χ4n) is 1.54. The monoisotopic (exact) mass is 142 g/mol. The normalized spacial score (nSPS) is 35.4. The zero-order valence-electron chi connectivity index (χ0n) is 6.77. The number of hydrogen-bond donors (Lipinski definition) is 2. The van der Waals surface area contributed by atoms with E-state index in [1.165, 1.54) is 19.3 Å². The number of nitrogens with one attached hydrogen (secondary N) is 1. The van der Waals surface area contributed by atoms with Crippen LogP contribution in [0.25, 0.3) is 0 Å². The van der Waals surface area contributed by atoms with Crippen LogP contribution in [0.5, 0.6) is 0 Å². The summed E-state index contributed by atoms with van der Waals surface area (Å²) in [6, 6.07) is 0. The van der Waals surface area contributed by atoms with Crippen LogP contribution in [0.2, 0.25) is 0 Å². The van der Waals surface area contributed by atoms with Gasteiger partial charge in [-0.05, 0) is 31.7 Å². The topological polar surface area (TPSA) is 38.0 Å². The second-order valence-electron chi connectivity index (χ2n) is 3.20. The van der Waals surface area contributed by atoms with E-state index in [1.807, 2.05) is 0 Å². The van der Waals surface area contributed by atoms with Crippen molar-refractivity contribution in [2.75, 3.05) is 6.54 Å². The number of nitrogens with two attached hydrogens (primary N) is 1. The maximum atomic E-state index is 5.74. The van der Waals surface area contributed by atoms with E-state index in [4.69, 9.17) is 5.73 Å². The molecular formula is C8H18N2. The zero-order valence-corrected chi connectivity index (χ0v) is 6.77. The molecule has 1 aliphatic rings. The molecular weight excluding hydrogens is 124 g/mol. The van der Waals surface area contributed by atoms with Crippen molar-refractivity contribution in [3.05, 3.63) is 0 Å². The maximum absolute atomic E-state index is 5.74. The zero-order chi connectivity index (χ0) is 7.40. The fraction of sp³-hybridized carbons (Fsp3) is 1.00. The van der Waals surface area contributed by atoms with E-state index in [9.17, 15) is 0 Å². The molecule has 60 valence electrons. The predicted octanol–water partition coefficient (Wildman–Crippen LogP) is 1.07. The van der Waals surface area contributed by atoms with Crippen LogP contribution >= 0.6 is 0 Å². The Labute approximate surface area is 63.2 Å². The Hall–Kier alpha value is -0.0800. The van der Waals surface area contributed by atoms with Crippen molar-refractivity contribution in [3.8, 4) is 0 Å². The van der Waals surface area contributed by atoms with Gasteiger partial charge in [-0.2, -0.15) is 0 Å². The predicted molar refractivity (Wildman–Crippen MR) is 43.6 cm³/mol. The molecule has 3 N–H and O–H groups in total. The van der Waals surface area contributed by atoms with Crippen LogP contribution in [-0.2, 0) is 0 Å². The lowest BCUT2D eigenvalue weighted by atomic mass is 9.98. The van der Waals surface area contributed by atoms with Gasteiger partial charge < -0.3 is 11.1 Å². The maximum Gasteiger partial charge on any atom is 0.0546 e. The molecule has 0 aromatic heterocycles. The standard InChI is InChI=1S/C8H18N2/c1-2-7-3-4-8(9)10-6-5-7/h7-8,10H,2-6,9H2,1H3. The molecule has 0 amide bonds. The molecule has 0 aliphatic carbocycles. The molecule has 0 radical (unpaired) electrons. The lowest BCUT2D eigenvalue weighted by Gasteiger charge is -2.08. The summed E-state index contributed by atoms with van der Waals surface area (Å²) in [5, 5.41) is 3.29. The van der Waals surface area contributed by atoms with E-state index in [2.05, 4.69) is 12.2 Å². The van der Waals surface area contributed by atoms with Gasteiger partial charge in [-0.1, -0.05) is 13.3 Å². The van der Waals surface area contributed by atoms with Crippen LogP contribution < -0.4 is 11.1 Å². The molecule has 0 spiro atoms. The lowest BCUT2D eigenvalue weighted by molar-refractivity contribution is 0.450. The first-order chi connectivity index (χ1) is 4.83. The Morgan fingerprint density at radius 3 is 2.90 bits per heavy atom. The molecule has 2 heteroatoms. The van der Waals surface area contributed by atoms with E-state index < -0.39 is 0 Å². The van der Waals surface area contributed by atoms with Crippen molar-refractivity contribution in [1.82, 2.24) is 5.32 Å². The van der Waals surface area contributed by atoms with Crippen molar-refractivity contribution in [1.29, 1.82) is 0 Å². The first kappa shape index (κ1) is 8.02. The van der Waals surface area contributed by atoms with E-state index >= 15 is 0 Å². The molecule has 0 saturated carbocycles. The van der Waals surface area contributed by atoms with Crippen molar-refractivity contribution in [3.63, 3.8) is 0 Å². The van der Waals surface area contributed by atoms with Gasteiger partial charge in [0.25, 0.3) is 0 Å². The van der Waals surface area contributed by atoms with Gasteiger partial charge >= 0.3 is 0 Å². The highest BCUT2D eigenvalue weighted by Gasteiger charge is 2.13. The van der Waals surface area contributed by atoms with E-state index in [0.717, 1.165) is 18.9 Å². The lowest BCUT2D eigenvalue weighted by Crippen LogP contribution is -2.36. The van der Waals surface area contributed by atoms with Crippen LogP contribution in [0.3, 0.4) is 0 Å². The van der Waals surface area contributed by atoms with Gasteiger partial charge in [-0.25, -0.2) is 0 Å². The third-order valence-corrected chi connectivity index (χ3v) is 2.42. The molecule has 2 atom stereocenters. The minimum absolute atomic E-state index is 0.261. The highest BCUT2D eigenvalue weighted by molar-refractivity contribution is 4.69. The molecule has 1 saturated heterocycles. The SMILES string of the molecule is CCC1CCNC(N)CC1. The van der Waals surface area contributed by atoms with Gasteiger partial charge in [0.15, 0.2) is 0 Å². The van der Waals surface area contributed by atoms with Crippen molar-refractivity contribution in [2.24, 2.45) is 11.7 Å². The molecule has 0 aromatic carbocycles. The second-order valence-corrected chi connectivity index (χ2v) is 3.20. The summed E-state index contributed by atoms with van der Waals surface area (Å²) in [6.45, 7) is 3.38. The van der Waals surface area contributed by atoms with Crippen molar-refractivity contribution >= 4 is 0 Å². The van der Waals surface area contributed by atoms with Crippen LogP contribution in [0.1, 0.15) is 32.6 Å². The number of rotatable bonds is 1. The summed E-state index contributed by atoms with van der Waals surface area (Å²) in [4.78, 5) is 0. The summed E-state index contributed by atoms with van der Waals surface area (Å²) in [5.41, 5.74) is 5.74. The number of hydrogen-bond acceptors (Lipinski definition) is 2. The van der Waals surface area contributed by atoms with Crippen LogP contribution in [0, 0.1) is 5.92 Å². The third kappa shape index (κ3) is 2.27. The molecule has 1 fully saturated rings. The van der Waals surface area contributed by atoms with Gasteiger partial charge in [0.05, 0.1) is 6.17 Å². The van der Waals surface area contributed by atoms with Gasteiger partial charge in [0.2, 0.25) is 0 Å². The Bertz CT molecular complexity index is 93.3. The molecule has 10 heavy (non-hydrogen) atoms. The average Bonchev–Trinajstić information content (AvgIpc) is 2.14. The summed E-state index contributed by atoms with van der Waals surface area (Å²) >= 11 is 0. The average molecular weight is 142 g/mol. The largest absolute Gasteiger partial charge is 0.316 e. The summed E-state index contributed by atoms with van der Waals surface area (Å²) in [5.74, 6) is 0.918. The Kier molecular flexibility index (Phi) is 3.16. The molecule has 1 aliphatic heterocycles. The van der Waals surface area contributed by atoms with Gasteiger partial charge in [-0.3, -0.25) is 0 Å². The molecule has 1 heterocycles.